The number of carbonyl (C=O) groups excluding carboxylic acids is 2. The molecule has 4 aliphatic heterocycles. The highest BCUT2D eigenvalue weighted by atomic mass is 16.8. The van der Waals surface area contributed by atoms with Crippen molar-refractivity contribution in [1.29, 1.82) is 0 Å². The number of ether oxygens (including phenoxy) is 8. The highest BCUT2D eigenvalue weighted by molar-refractivity contribution is 5.69. The van der Waals surface area contributed by atoms with Gasteiger partial charge in [0.15, 0.2) is 17.4 Å². The van der Waals surface area contributed by atoms with Gasteiger partial charge in [-0.3, -0.25) is 9.59 Å². The summed E-state index contributed by atoms with van der Waals surface area (Å²) in [7, 11) is 0. The molecule has 4 fully saturated rings. The lowest BCUT2D eigenvalue weighted by Crippen LogP contribution is -2.45. The molecule has 0 amide bonds. The molecule has 4 heterocycles. The van der Waals surface area contributed by atoms with E-state index < -0.39 is 35.7 Å². The van der Waals surface area contributed by atoms with Crippen LogP contribution < -0.4 is 0 Å². The van der Waals surface area contributed by atoms with E-state index in [2.05, 4.69) is 13.8 Å². The summed E-state index contributed by atoms with van der Waals surface area (Å²) in [5, 5.41) is 0. The predicted octanol–water partition coefficient (Wildman–Crippen LogP) is 4.02. The van der Waals surface area contributed by atoms with Gasteiger partial charge < -0.3 is 37.9 Å². The average Bonchev–Trinajstić information content (AvgIpc) is 3.53. The van der Waals surface area contributed by atoms with E-state index in [9.17, 15) is 9.59 Å². The second-order valence-corrected chi connectivity index (χ2v) is 12.0. The third-order valence-corrected chi connectivity index (χ3v) is 7.64. The largest absolute Gasteiger partial charge is 0.466 e. The summed E-state index contributed by atoms with van der Waals surface area (Å²) >= 11 is 0. The molecule has 4 saturated heterocycles. The second kappa shape index (κ2) is 12.5. The first kappa shape index (κ1) is 29.7. The van der Waals surface area contributed by atoms with Crippen LogP contribution in [0.4, 0.5) is 0 Å². The second-order valence-electron chi connectivity index (χ2n) is 12.0. The van der Waals surface area contributed by atoms with E-state index >= 15 is 0 Å². The van der Waals surface area contributed by atoms with Crippen molar-refractivity contribution in [2.24, 2.45) is 5.92 Å². The van der Waals surface area contributed by atoms with Gasteiger partial charge >= 0.3 is 11.9 Å². The molecule has 0 N–H and O–H groups in total. The van der Waals surface area contributed by atoms with E-state index in [-0.39, 0.29) is 37.5 Å². The molecule has 10 nitrogen and oxygen atoms in total. The molecule has 4 aliphatic rings. The maximum absolute atomic E-state index is 12.4. The third-order valence-electron chi connectivity index (χ3n) is 7.64. The van der Waals surface area contributed by atoms with Crippen LogP contribution >= 0.6 is 0 Å². The molecule has 0 aliphatic carbocycles. The molecule has 4 rings (SSSR count). The minimum Gasteiger partial charge on any atom is -0.466 e. The van der Waals surface area contributed by atoms with Gasteiger partial charge in [-0.15, -0.1) is 0 Å². The molecular weight excluding hydrogens is 496 g/mol. The third kappa shape index (κ3) is 7.88. The maximum atomic E-state index is 12.4. The fourth-order valence-electron chi connectivity index (χ4n) is 5.76. The summed E-state index contributed by atoms with van der Waals surface area (Å²) in [4.78, 5) is 24.7. The van der Waals surface area contributed by atoms with Gasteiger partial charge in [0, 0.05) is 19.3 Å². The van der Waals surface area contributed by atoms with Crippen molar-refractivity contribution >= 4 is 11.9 Å². The first-order valence-electron chi connectivity index (χ1n) is 14.3. The summed E-state index contributed by atoms with van der Waals surface area (Å²) < 4.78 is 48.7. The van der Waals surface area contributed by atoms with Gasteiger partial charge in [0.05, 0.1) is 39.3 Å². The van der Waals surface area contributed by atoms with E-state index in [4.69, 9.17) is 37.9 Å². The molecule has 0 saturated carbocycles. The summed E-state index contributed by atoms with van der Waals surface area (Å²) in [6.07, 6.45) is 3.40. The van der Waals surface area contributed by atoms with Crippen molar-refractivity contribution in [2.75, 3.05) is 26.4 Å². The number of hydrogen-bond donors (Lipinski definition) is 0. The monoisotopic (exact) mass is 542 g/mol. The smallest absolute Gasteiger partial charge is 0.305 e. The zero-order valence-electron chi connectivity index (χ0n) is 23.7. The lowest BCUT2D eigenvalue weighted by molar-refractivity contribution is -0.199. The first-order chi connectivity index (χ1) is 18.0. The van der Waals surface area contributed by atoms with Crippen molar-refractivity contribution in [3.05, 3.63) is 0 Å². The van der Waals surface area contributed by atoms with Gasteiger partial charge in [-0.1, -0.05) is 13.8 Å². The zero-order chi connectivity index (χ0) is 27.4. The predicted molar refractivity (Wildman–Crippen MR) is 135 cm³/mol. The number of hydrogen-bond acceptors (Lipinski definition) is 10. The number of carbonyl (C=O) groups is 2. The van der Waals surface area contributed by atoms with Crippen molar-refractivity contribution in [1.82, 2.24) is 0 Å². The van der Waals surface area contributed by atoms with Gasteiger partial charge in [0.1, 0.15) is 24.4 Å². The van der Waals surface area contributed by atoms with E-state index in [1.54, 1.807) is 0 Å². The molecule has 218 valence electrons. The fourth-order valence-corrected chi connectivity index (χ4v) is 5.76. The van der Waals surface area contributed by atoms with Crippen LogP contribution in [0.15, 0.2) is 0 Å². The van der Waals surface area contributed by atoms with Crippen LogP contribution in [0.2, 0.25) is 0 Å². The van der Waals surface area contributed by atoms with Gasteiger partial charge in [0.25, 0.3) is 0 Å². The lowest BCUT2D eigenvalue weighted by Gasteiger charge is -2.29. The molecule has 0 aromatic heterocycles. The Hall–Kier alpha value is -1.30. The van der Waals surface area contributed by atoms with Crippen LogP contribution in [0.25, 0.3) is 0 Å². The molecule has 38 heavy (non-hydrogen) atoms. The maximum Gasteiger partial charge on any atom is 0.305 e. The molecule has 0 aromatic carbocycles. The van der Waals surface area contributed by atoms with E-state index in [1.165, 1.54) is 0 Å². The Balaban J connectivity index is 1.48. The average molecular weight is 543 g/mol. The Morgan fingerprint density at radius 2 is 1.24 bits per heavy atom. The fraction of sp³-hybridized carbons (Fsp3) is 0.929. The van der Waals surface area contributed by atoms with E-state index in [0.29, 0.717) is 38.6 Å². The van der Waals surface area contributed by atoms with Crippen molar-refractivity contribution in [2.45, 2.75) is 134 Å². The standard InChI is InChI=1S/C28H46O10/c1-19(2)16-28(5)34-18-21(36-28)25-24-20-17-33-26(3,35-20)12-10-22(29)31-14-8-6-7-9-15-32-23(30)11-13-27(4,37-24)38-25/h19-21,24-25H,6-18H2,1-5H3. The minimum atomic E-state index is -1.03. The molecule has 7 atom stereocenters. The van der Waals surface area contributed by atoms with Gasteiger partial charge in [0.2, 0.25) is 0 Å². The molecule has 0 aromatic rings. The van der Waals surface area contributed by atoms with Crippen LogP contribution in [0, 0.1) is 5.92 Å². The summed E-state index contributed by atoms with van der Waals surface area (Å²) in [5.41, 5.74) is 0. The van der Waals surface area contributed by atoms with E-state index in [1.807, 2.05) is 20.8 Å². The molecule has 0 spiro atoms. The molecule has 10 heteroatoms. The van der Waals surface area contributed by atoms with E-state index in [0.717, 1.165) is 32.1 Å². The van der Waals surface area contributed by atoms with Gasteiger partial charge in [-0.25, -0.2) is 0 Å². The highest BCUT2D eigenvalue weighted by Crippen LogP contribution is 2.43. The van der Waals surface area contributed by atoms with Crippen LogP contribution in [0.5, 0.6) is 0 Å². The quantitative estimate of drug-likeness (QED) is 0.485. The minimum absolute atomic E-state index is 0.179. The highest BCUT2D eigenvalue weighted by Gasteiger charge is 2.57. The Morgan fingerprint density at radius 1 is 0.711 bits per heavy atom. The van der Waals surface area contributed by atoms with Crippen LogP contribution in [-0.2, 0) is 47.5 Å². The summed E-state index contributed by atoms with van der Waals surface area (Å²) in [6.45, 7) is 11.3. The van der Waals surface area contributed by atoms with Crippen LogP contribution in [0.1, 0.15) is 92.4 Å². The van der Waals surface area contributed by atoms with Crippen LogP contribution in [0.3, 0.4) is 0 Å². The summed E-state index contributed by atoms with van der Waals surface area (Å²) in [5.74, 6) is -2.82. The van der Waals surface area contributed by atoms with Gasteiger partial charge in [-0.05, 0) is 52.4 Å². The number of fused-ring (bicyclic) bond motifs is 5. The van der Waals surface area contributed by atoms with Crippen molar-refractivity contribution in [3.63, 3.8) is 0 Å². The van der Waals surface area contributed by atoms with Gasteiger partial charge in [-0.2, -0.15) is 0 Å². The number of esters is 2. The van der Waals surface area contributed by atoms with Crippen molar-refractivity contribution in [3.8, 4) is 0 Å². The lowest BCUT2D eigenvalue weighted by atomic mass is 10.0. The normalized spacial score (nSPS) is 42.2. The SMILES string of the molecule is CC(C)CC1(C)OCC(C2OC3(C)CCC(=O)OCCCCCCOC(=O)CCC4(C)OCC(O4)C2O3)O1. The Bertz CT molecular complexity index is 819. The molecule has 4 bridgehead atoms. The Morgan fingerprint density at radius 3 is 1.82 bits per heavy atom. The van der Waals surface area contributed by atoms with Crippen LogP contribution in [-0.4, -0.2) is 80.1 Å². The number of rotatable bonds is 3. The first-order valence-corrected chi connectivity index (χ1v) is 14.3. The molecular formula is C28H46O10. The Kier molecular flexibility index (Phi) is 9.74. The zero-order valence-corrected chi connectivity index (χ0v) is 23.7. The Labute approximate surface area is 226 Å². The number of cyclic esters (lactones) is 2. The molecule has 7 unspecified atom stereocenters. The summed E-state index contributed by atoms with van der Waals surface area (Å²) in [6, 6.07) is 0. The van der Waals surface area contributed by atoms with Crippen molar-refractivity contribution < 1.29 is 47.5 Å². The topological polar surface area (TPSA) is 108 Å². The molecule has 0 radical (unpaired) electrons.